The first kappa shape index (κ1) is 20.6. The van der Waals surface area contributed by atoms with Gasteiger partial charge in [-0.3, -0.25) is 9.36 Å². The Bertz CT molecular complexity index is 863. The second kappa shape index (κ2) is 9.89. The predicted molar refractivity (Wildman–Crippen MR) is 114 cm³/mol. The molecule has 150 valence electrons. The van der Waals surface area contributed by atoms with Gasteiger partial charge >= 0.3 is 5.69 Å². The van der Waals surface area contributed by atoms with Gasteiger partial charge in [-0.05, 0) is 44.5 Å². The number of para-hydroxylation sites is 1. The van der Waals surface area contributed by atoms with Gasteiger partial charge in [-0.1, -0.05) is 43.8 Å². The summed E-state index contributed by atoms with van der Waals surface area (Å²) in [7, 11) is 0. The maximum absolute atomic E-state index is 12.6. The molecule has 0 fully saturated rings. The molecule has 0 bridgehead atoms. The van der Waals surface area contributed by atoms with Gasteiger partial charge in [0.2, 0.25) is 5.91 Å². The minimum absolute atomic E-state index is 0.0875. The monoisotopic (exact) mass is 400 g/mol. The van der Waals surface area contributed by atoms with E-state index in [1.807, 2.05) is 34.9 Å². The van der Waals surface area contributed by atoms with Crippen molar-refractivity contribution in [1.29, 1.82) is 0 Å². The Balaban J connectivity index is 1.69. The molecule has 1 amide bonds. The first-order valence-electron chi connectivity index (χ1n) is 9.95. The molecule has 1 heterocycles. The van der Waals surface area contributed by atoms with Gasteiger partial charge in [0.15, 0.2) is 0 Å². The van der Waals surface area contributed by atoms with Crippen LogP contribution in [0.25, 0.3) is 0 Å². The van der Waals surface area contributed by atoms with E-state index in [1.165, 1.54) is 11.8 Å². The molecule has 0 spiro atoms. The highest BCUT2D eigenvalue weighted by atomic mass is 32.2. The molecule has 0 atom stereocenters. The summed E-state index contributed by atoms with van der Waals surface area (Å²) in [6.45, 7) is 7.75. The van der Waals surface area contributed by atoms with Crippen LogP contribution in [0.2, 0.25) is 0 Å². The number of amides is 1. The van der Waals surface area contributed by atoms with Crippen molar-refractivity contribution < 1.29 is 4.79 Å². The third-order valence-electron chi connectivity index (χ3n) is 5.13. The molecule has 1 N–H and O–H groups in total. The van der Waals surface area contributed by atoms with Crippen molar-refractivity contribution in [3.8, 4) is 0 Å². The lowest BCUT2D eigenvalue weighted by molar-refractivity contribution is -0.113. The Morgan fingerprint density at radius 3 is 2.68 bits per heavy atom. The normalized spacial score (nSPS) is 13.0. The van der Waals surface area contributed by atoms with E-state index in [0.29, 0.717) is 6.54 Å². The van der Waals surface area contributed by atoms with E-state index in [1.54, 1.807) is 0 Å². The number of aromatic nitrogens is 2. The standard InChI is InChI=1S/C21H28N4O2S/c1-3-24(4-2)13-14-25-18-12-8-11-17(18)20(23-21(25)27)28-15-19(26)22-16-9-6-5-7-10-16/h5-7,9-10H,3-4,8,11-15H2,1-2H3,(H,22,26). The summed E-state index contributed by atoms with van der Waals surface area (Å²) < 4.78 is 1.84. The van der Waals surface area contributed by atoms with Crippen LogP contribution in [0.15, 0.2) is 40.2 Å². The molecule has 3 rings (SSSR count). The molecule has 1 aliphatic rings. The third kappa shape index (κ3) is 5.02. The van der Waals surface area contributed by atoms with Crippen molar-refractivity contribution in [2.45, 2.75) is 44.7 Å². The van der Waals surface area contributed by atoms with Crippen molar-refractivity contribution >= 4 is 23.4 Å². The van der Waals surface area contributed by atoms with Crippen molar-refractivity contribution in [3.63, 3.8) is 0 Å². The van der Waals surface area contributed by atoms with Gasteiger partial charge in [-0.2, -0.15) is 4.98 Å². The van der Waals surface area contributed by atoms with Crippen molar-refractivity contribution in [1.82, 2.24) is 14.5 Å². The number of rotatable bonds is 9. The van der Waals surface area contributed by atoms with Gasteiger partial charge < -0.3 is 10.2 Å². The molecule has 0 unspecified atom stereocenters. The summed E-state index contributed by atoms with van der Waals surface area (Å²) in [6, 6.07) is 9.39. The van der Waals surface area contributed by atoms with E-state index in [0.717, 1.165) is 60.9 Å². The summed E-state index contributed by atoms with van der Waals surface area (Å²) in [5.74, 6) is 0.160. The van der Waals surface area contributed by atoms with Crippen LogP contribution >= 0.6 is 11.8 Å². The van der Waals surface area contributed by atoms with Crippen molar-refractivity contribution in [2.24, 2.45) is 0 Å². The lowest BCUT2D eigenvalue weighted by Crippen LogP contribution is -2.34. The number of hydrogen-bond acceptors (Lipinski definition) is 5. The number of fused-ring (bicyclic) bond motifs is 1. The Morgan fingerprint density at radius 2 is 1.96 bits per heavy atom. The number of thioether (sulfide) groups is 1. The zero-order valence-corrected chi connectivity index (χ0v) is 17.4. The first-order valence-corrected chi connectivity index (χ1v) is 10.9. The topological polar surface area (TPSA) is 67.2 Å². The lowest BCUT2D eigenvalue weighted by Gasteiger charge is -2.20. The minimum Gasteiger partial charge on any atom is -0.325 e. The SMILES string of the molecule is CCN(CC)CCn1c2c(c(SCC(=O)Nc3ccccc3)nc1=O)CCC2. The van der Waals surface area contributed by atoms with Crippen LogP contribution in [0.1, 0.15) is 31.5 Å². The molecule has 1 aromatic carbocycles. The molecular formula is C21H28N4O2S. The van der Waals surface area contributed by atoms with Gasteiger partial charge in [0.05, 0.1) is 5.75 Å². The first-order chi connectivity index (χ1) is 13.6. The molecule has 2 aromatic rings. The van der Waals surface area contributed by atoms with Crippen LogP contribution in [0.3, 0.4) is 0 Å². The molecule has 0 saturated heterocycles. The third-order valence-corrected chi connectivity index (χ3v) is 6.15. The lowest BCUT2D eigenvalue weighted by atomic mass is 10.2. The van der Waals surface area contributed by atoms with E-state index >= 15 is 0 Å². The molecule has 1 aliphatic carbocycles. The van der Waals surface area contributed by atoms with Crippen LogP contribution < -0.4 is 11.0 Å². The zero-order valence-electron chi connectivity index (χ0n) is 16.6. The van der Waals surface area contributed by atoms with E-state index in [9.17, 15) is 9.59 Å². The van der Waals surface area contributed by atoms with Crippen LogP contribution in [0.4, 0.5) is 5.69 Å². The zero-order chi connectivity index (χ0) is 19.9. The molecule has 28 heavy (non-hydrogen) atoms. The average molecular weight is 401 g/mol. The van der Waals surface area contributed by atoms with Crippen LogP contribution in [0.5, 0.6) is 0 Å². The number of carbonyl (C=O) groups excluding carboxylic acids is 1. The molecule has 0 aliphatic heterocycles. The van der Waals surface area contributed by atoms with Crippen LogP contribution in [-0.4, -0.2) is 45.7 Å². The quantitative estimate of drug-likeness (QED) is 0.518. The second-order valence-electron chi connectivity index (χ2n) is 6.86. The molecule has 0 radical (unpaired) electrons. The number of carbonyl (C=O) groups is 1. The van der Waals surface area contributed by atoms with Crippen molar-refractivity contribution in [2.75, 3.05) is 30.7 Å². The predicted octanol–water partition coefficient (Wildman–Crippen LogP) is 2.80. The Kier molecular flexibility index (Phi) is 7.28. The fourth-order valence-corrected chi connectivity index (χ4v) is 4.45. The largest absolute Gasteiger partial charge is 0.348 e. The maximum atomic E-state index is 12.6. The van der Waals surface area contributed by atoms with Gasteiger partial charge in [0, 0.05) is 30.0 Å². The number of hydrogen-bond donors (Lipinski definition) is 1. The average Bonchev–Trinajstić information content (AvgIpc) is 3.19. The molecule has 6 nitrogen and oxygen atoms in total. The molecule has 0 saturated carbocycles. The van der Waals surface area contributed by atoms with Gasteiger partial charge in [-0.25, -0.2) is 4.79 Å². The van der Waals surface area contributed by atoms with E-state index in [2.05, 4.69) is 29.0 Å². The Hall–Kier alpha value is -2.12. The highest BCUT2D eigenvalue weighted by Crippen LogP contribution is 2.29. The second-order valence-corrected chi connectivity index (χ2v) is 7.82. The van der Waals surface area contributed by atoms with Crippen LogP contribution in [0, 0.1) is 0 Å². The minimum atomic E-state index is -0.196. The maximum Gasteiger partial charge on any atom is 0.348 e. The fraction of sp³-hybridized carbons (Fsp3) is 0.476. The number of likely N-dealkylation sites (N-methyl/N-ethyl adjacent to an activating group) is 1. The van der Waals surface area contributed by atoms with E-state index in [-0.39, 0.29) is 17.3 Å². The van der Waals surface area contributed by atoms with Gasteiger partial charge in [-0.15, -0.1) is 0 Å². The summed E-state index contributed by atoms with van der Waals surface area (Å²) >= 11 is 1.36. The Labute approximate surface area is 170 Å². The van der Waals surface area contributed by atoms with E-state index < -0.39 is 0 Å². The Morgan fingerprint density at radius 1 is 1.21 bits per heavy atom. The number of benzene rings is 1. The highest BCUT2D eigenvalue weighted by molar-refractivity contribution is 8.00. The summed E-state index contributed by atoms with van der Waals surface area (Å²) in [4.78, 5) is 31.5. The molecule has 1 aromatic heterocycles. The molecular weight excluding hydrogens is 372 g/mol. The number of anilines is 1. The summed E-state index contributed by atoms with van der Waals surface area (Å²) in [6.07, 6.45) is 2.88. The van der Waals surface area contributed by atoms with Gasteiger partial charge in [0.1, 0.15) is 5.03 Å². The summed E-state index contributed by atoms with van der Waals surface area (Å²) in [5.41, 5.74) is 2.84. The smallest absolute Gasteiger partial charge is 0.325 e. The number of nitrogens with one attached hydrogen (secondary N) is 1. The number of nitrogens with zero attached hydrogens (tertiary/aromatic N) is 3. The van der Waals surface area contributed by atoms with Gasteiger partial charge in [0.25, 0.3) is 0 Å². The summed E-state index contributed by atoms with van der Waals surface area (Å²) in [5, 5.41) is 3.60. The highest BCUT2D eigenvalue weighted by Gasteiger charge is 2.22. The fourth-order valence-electron chi connectivity index (χ4n) is 3.57. The van der Waals surface area contributed by atoms with Crippen molar-refractivity contribution in [3.05, 3.63) is 52.1 Å². The van der Waals surface area contributed by atoms with Crippen LogP contribution in [-0.2, 0) is 24.2 Å². The van der Waals surface area contributed by atoms with E-state index in [4.69, 9.17) is 0 Å². The molecule has 7 heteroatoms.